The maximum absolute atomic E-state index is 5.73. The lowest BCUT2D eigenvalue weighted by Crippen LogP contribution is -2.06. The molecule has 0 spiro atoms. The molecule has 0 heterocycles. The largest absolute Gasteiger partial charge is 0.490 e. The quantitative estimate of drug-likeness (QED) is 0.568. The molecule has 84 valence electrons. The zero-order valence-electron chi connectivity index (χ0n) is 9.79. The smallest absolute Gasteiger partial charge is 0.136 e. The maximum atomic E-state index is 5.73. The van der Waals surface area contributed by atoms with E-state index >= 15 is 0 Å². The molecule has 0 aliphatic rings. The second-order valence-corrected chi connectivity index (χ2v) is 4.23. The Hall–Kier alpha value is -0.670. The third kappa shape index (κ3) is 3.14. The minimum absolute atomic E-state index is 0.606. The summed E-state index contributed by atoms with van der Waals surface area (Å²) in [4.78, 5) is 1.19. The van der Waals surface area contributed by atoms with Crippen molar-refractivity contribution >= 4 is 11.8 Å². The minimum atomic E-state index is 0.606. The molecule has 0 saturated heterocycles. The third-order valence-corrected chi connectivity index (χ3v) is 3.16. The summed E-state index contributed by atoms with van der Waals surface area (Å²) in [7, 11) is 1.68. The van der Waals surface area contributed by atoms with Crippen LogP contribution in [0.1, 0.15) is 11.1 Å². The number of hydrogen-bond donors (Lipinski definition) is 0. The number of hydrogen-bond acceptors (Lipinski definition) is 3. The van der Waals surface area contributed by atoms with E-state index in [1.165, 1.54) is 16.0 Å². The fraction of sp³-hybridized carbons (Fsp3) is 0.500. The first-order valence-corrected chi connectivity index (χ1v) is 6.19. The number of thioether (sulfide) groups is 1. The molecule has 1 aromatic rings. The fourth-order valence-corrected chi connectivity index (χ4v) is 1.93. The summed E-state index contributed by atoms with van der Waals surface area (Å²) in [6.45, 7) is 5.43. The summed E-state index contributed by atoms with van der Waals surface area (Å²) in [6, 6.07) is 4.24. The van der Waals surface area contributed by atoms with Crippen LogP contribution in [0, 0.1) is 13.8 Å². The molecule has 0 aliphatic heterocycles. The predicted molar refractivity (Wildman–Crippen MR) is 65.1 cm³/mol. The zero-order valence-corrected chi connectivity index (χ0v) is 10.6. The van der Waals surface area contributed by atoms with Crippen LogP contribution in [0.25, 0.3) is 0 Å². The molecule has 3 heteroatoms. The average molecular weight is 226 g/mol. The molecule has 0 aromatic heterocycles. The lowest BCUT2D eigenvalue weighted by atomic mass is 10.1. The summed E-state index contributed by atoms with van der Waals surface area (Å²) in [5.74, 6) is 1.000. The van der Waals surface area contributed by atoms with Crippen molar-refractivity contribution in [2.75, 3.05) is 26.6 Å². The van der Waals surface area contributed by atoms with E-state index in [0.717, 1.165) is 5.75 Å². The Balaban J connectivity index is 2.86. The van der Waals surface area contributed by atoms with Crippen molar-refractivity contribution < 1.29 is 9.47 Å². The van der Waals surface area contributed by atoms with Gasteiger partial charge in [0.05, 0.1) is 6.61 Å². The van der Waals surface area contributed by atoms with Crippen LogP contribution in [0.3, 0.4) is 0 Å². The van der Waals surface area contributed by atoms with Gasteiger partial charge >= 0.3 is 0 Å². The first-order chi connectivity index (χ1) is 7.20. The number of benzene rings is 1. The Bertz CT molecular complexity index is 324. The van der Waals surface area contributed by atoms with Gasteiger partial charge in [-0.1, -0.05) is 6.07 Å². The fourth-order valence-electron chi connectivity index (χ4n) is 1.33. The van der Waals surface area contributed by atoms with Crippen molar-refractivity contribution in [3.63, 3.8) is 0 Å². The average Bonchev–Trinajstić information content (AvgIpc) is 2.25. The highest BCUT2D eigenvalue weighted by Gasteiger charge is 2.08. The number of ether oxygens (including phenoxy) is 2. The van der Waals surface area contributed by atoms with Crippen molar-refractivity contribution in [3.8, 4) is 5.75 Å². The highest BCUT2D eigenvalue weighted by Crippen LogP contribution is 2.32. The molecule has 1 rings (SSSR count). The van der Waals surface area contributed by atoms with Crippen LogP contribution >= 0.6 is 11.8 Å². The van der Waals surface area contributed by atoms with Crippen LogP contribution < -0.4 is 4.74 Å². The summed E-state index contributed by atoms with van der Waals surface area (Å²) < 4.78 is 10.7. The number of rotatable bonds is 5. The van der Waals surface area contributed by atoms with Crippen LogP contribution in [0.15, 0.2) is 17.0 Å². The molecular weight excluding hydrogens is 208 g/mol. The van der Waals surface area contributed by atoms with Crippen LogP contribution in [0.2, 0.25) is 0 Å². The van der Waals surface area contributed by atoms with Gasteiger partial charge in [-0.3, -0.25) is 0 Å². The van der Waals surface area contributed by atoms with Crippen LogP contribution in [0.5, 0.6) is 5.75 Å². The summed E-state index contributed by atoms with van der Waals surface area (Å²) in [6.07, 6.45) is 2.06. The molecule has 0 unspecified atom stereocenters. The Labute approximate surface area is 96.0 Å². The van der Waals surface area contributed by atoms with E-state index in [-0.39, 0.29) is 0 Å². The van der Waals surface area contributed by atoms with Gasteiger partial charge in [0.15, 0.2) is 0 Å². The maximum Gasteiger partial charge on any atom is 0.136 e. The molecule has 0 atom stereocenters. The van der Waals surface area contributed by atoms with Gasteiger partial charge in [-0.15, -0.1) is 11.8 Å². The molecule has 0 fully saturated rings. The summed E-state index contributed by atoms with van der Waals surface area (Å²) in [5, 5.41) is 0. The molecule has 0 N–H and O–H groups in total. The molecule has 0 amide bonds. The molecule has 15 heavy (non-hydrogen) atoms. The van der Waals surface area contributed by atoms with Crippen LogP contribution in [-0.4, -0.2) is 26.6 Å². The number of methoxy groups -OCH3 is 1. The third-order valence-electron chi connectivity index (χ3n) is 2.39. The van der Waals surface area contributed by atoms with Crippen molar-refractivity contribution in [3.05, 3.63) is 23.3 Å². The Morgan fingerprint density at radius 3 is 2.53 bits per heavy atom. The Morgan fingerprint density at radius 2 is 1.93 bits per heavy atom. The summed E-state index contributed by atoms with van der Waals surface area (Å²) >= 11 is 1.71. The lowest BCUT2D eigenvalue weighted by Gasteiger charge is -2.14. The van der Waals surface area contributed by atoms with Gasteiger partial charge in [-0.2, -0.15) is 0 Å². The van der Waals surface area contributed by atoms with E-state index in [2.05, 4.69) is 32.2 Å². The lowest BCUT2D eigenvalue weighted by molar-refractivity contribution is 0.144. The van der Waals surface area contributed by atoms with E-state index in [1.54, 1.807) is 18.9 Å². The van der Waals surface area contributed by atoms with Crippen molar-refractivity contribution in [2.45, 2.75) is 18.7 Å². The van der Waals surface area contributed by atoms with Crippen molar-refractivity contribution in [1.82, 2.24) is 0 Å². The standard InChI is InChI=1S/C12H18O2S/c1-9-5-6-11(15-4)12(10(9)2)14-8-7-13-3/h5-6H,7-8H2,1-4H3. The van der Waals surface area contributed by atoms with E-state index in [1.807, 2.05) is 0 Å². The second kappa shape index (κ2) is 6.03. The summed E-state index contributed by atoms with van der Waals surface area (Å²) in [5.41, 5.74) is 2.48. The van der Waals surface area contributed by atoms with E-state index in [9.17, 15) is 0 Å². The van der Waals surface area contributed by atoms with Gasteiger partial charge in [0.2, 0.25) is 0 Å². The van der Waals surface area contributed by atoms with E-state index < -0.39 is 0 Å². The first-order valence-electron chi connectivity index (χ1n) is 4.96. The van der Waals surface area contributed by atoms with Gasteiger partial charge in [-0.25, -0.2) is 0 Å². The normalized spacial score (nSPS) is 10.4. The topological polar surface area (TPSA) is 18.5 Å². The molecule has 1 aromatic carbocycles. The van der Waals surface area contributed by atoms with Crippen molar-refractivity contribution in [2.24, 2.45) is 0 Å². The molecular formula is C12H18O2S. The minimum Gasteiger partial charge on any atom is -0.490 e. The van der Waals surface area contributed by atoms with E-state index in [4.69, 9.17) is 9.47 Å². The Morgan fingerprint density at radius 1 is 1.20 bits per heavy atom. The van der Waals surface area contributed by atoms with Gasteiger partial charge in [0, 0.05) is 12.0 Å². The molecule has 0 radical (unpaired) electrons. The van der Waals surface area contributed by atoms with Gasteiger partial charge in [0.1, 0.15) is 12.4 Å². The van der Waals surface area contributed by atoms with Crippen LogP contribution in [-0.2, 0) is 4.74 Å². The monoisotopic (exact) mass is 226 g/mol. The molecule has 0 aliphatic carbocycles. The van der Waals surface area contributed by atoms with Crippen molar-refractivity contribution in [1.29, 1.82) is 0 Å². The molecule has 0 saturated carbocycles. The molecule has 2 nitrogen and oxygen atoms in total. The van der Waals surface area contributed by atoms with Crippen LogP contribution in [0.4, 0.5) is 0 Å². The van der Waals surface area contributed by atoms with Gasteiger partial charge in [0.25, 0.3) is 0 Å². The Kier molecular flexibility index (Phi) is 4.99. The van der Waals surface area contributed by atoms with E-state index in [0.29, 0.717) is 13.2 Å². The van der Waals surface area contributed by atoms with Gasteiger partial charge < -0.3 is 9.47 Å². The number of aryl methyl sites for hydroxylation is 1. The SMILES string of the molecule is COCCOc1c(SC)ccc(C)c1C. The van der Waals surface area contributed by atoms with Gasteiger partial charge in [-0.05, 0) is 37.3 Å². The second-order valence-electron chi connectivity index (χ2n) is 3.38. The highest BCUT2D eigenvalue weighted by molar-refractivity contribution is 7.98. The predicted octanol–water partition coefficient (Wildman–Crippen LogP) is 3.05. The zero-order chi connectivity index (χ0) is 11.3. The first kappa shape index (κ1) is 12.4. The molecule has 0 bridgehead atoms. The highest BCUT2D eigenvalue weighted by atomic mass is 32.2.